The summed E-state index contributed by atoms with van der Waals surface area (Å²) in [4.78, 5) is 13.9. The van der Waals surface area contributed by atoms with Gasteiger partial charge in [-0.25, -0.2) is 8.42 Å². The van der Waals surface area contributed by atoms with Gasteiger partial charge in [0.25, 0.3) is 0 Å². The first-order valence-corrected chi connectivity index (χ1v) is 9.63. The zero-order valence-electron chi connectivity index (χ0n) is 13.6. The number of nitrogens with zero attached hydrogens (tertiary/aromatic N) is 1. The third-order valence-electron chi connectivity index (χ3n) is 4.17. The van der Waals surface area contributed by atoms with Gasteiger partial charge in [-0.15, -0.1) is 0 Å². The second-order valence-electron chi connectivity index (χ2n) is 6.65. The highest BCUT2D eigenvalue weighted by atomic mass is 32.2. The summed E-state index contributed by atoms with van der Waals surface area (Å²) in [7, 11) is -1.25. The van der Waals surface area contributed by atoms with Gasteiger partial charge in [-0.05, 0) is 29.9 Å². The molecule has 1 aromatic rings. The highest BCUT2D eigenvalue weighted by Gasteiger charge is 2.32. The molecule has 0 bridgehead atoms. The maximum Gasteiger partial charge on any atom is 0.227 e. The molecule has 1 amide bonds. The smallest absolute Gasteiger partial charge is 0.227 e. The molecule has 1 heterocycles. The first-order chi connectivity index (χ1) is 10.3. The fourth-order valence-electron chi connectivity index (χ4n) is 2.85. The van der Waals surface area contributed by atoms with E-state index in [2.05, 4.69) is 26.0 Å². The molecule has 1 aliphatic rings. The van der Waals surface area contributed by atoms with Gasteiger partial charge >= 0.3 is 0 Å². The third kappa shape index (κ3) is 4.57. The van der Waals surface area contributed by atoms with E-state index in [1.165, 1.54) is 5.56 Å². The Morgan fingerprint density at radius 1 is 1.23 bits per heavy atom. The molecule has 0 saturated carbocycles. The fourth-order valence-corrected chi connectivity index (χ4v) is 4.62. The van der Waals surface area contributed by atoms with Crippen molar-refractivity contribution in [2.75, 3.05) is 18.6 Å². The Balaban J connectivity index is 1.94. The second-order valence-corrected chi connectivity index (χ2v) is 8.88. The maximum atomic E-state index is 12.3. The van der Waals surface area contributed by atoms with E-state index < -0.39 is 9.84 Å². The van der Waals surface area contributed by atoms with E-state index in [0.717, 1.165) is 12.0 Å². The van der Waals surface area contributed by atoms with Crippen LogP contribution in [0.5, 0.6) is 0 Å². The molecule has 0 spiro atoms. The fraction of sp³-hybridized carbons (Fsp3) is 0.588. The van der Waals surface area contributed by atoms with Crippen LogP contribution in [0.2, 0.25) is 0 Å². The van der Waals surface area contributed by atoms with Crippen LogP contribution in [0.3, 0.4) is 0 Å². The molecule has 1 atom stereocenters. The van der Waals surface area contributed by atoms with Gasteiger partial charge in [-0.2, -0.15) is 0 Å². The van der Waals surface area contributed by atoms with Crippen molar-refractivity contribution in [3.05, 3.63) is 35.4 Å². The van der Waals surface area contributed by atoms with Crippen LogP contribution in [0.25, 0.3) is 0 Å². The SMILES string of the molecule is CC(C)Cc1ccc(CC(=O)N(C)[C@@H]2CCS(=O)(=O)C2)cc1. The monoisotopic (exact) mass is 323 g/mol. The summed E-state index contributed by atoms with van der Waals surface area (Å²) in [6, 6.07) is 7.97. The third-order valence-corrected chi connectivity index (χ3v) is 5.92. The van der Waals surface area contributed by atoms with Gasteiger partial charge in [-0.1, -0.05) is 38.1 Å². The van der Waals surface area contributed by atoms with Gasteiger partial charge in [0.1, 0.15) is 0 Å². The molecule has 2 rings (SSSR count). The van der Waals surface area contributed by atoms with Crippen molar-refractivity contribution in [1.29, 1.82) is 0 Å². The van der Waals surface area contributed by atoms with E-state index in [4.69, 9.17) is 0 Å². The molecule has 1 aromatic carbocycles. The van der Waals surface area contributed by atoms with Crippen molar-refractivity contribution in [3.8, 4) is 0 Å². The highest BCUT2D eigenvalue weighted by molar-refractivity contribution is 7.91. The topological polar surface area (TPSA) is 54.5 Å². The van der Waals surface area contributed by atoms with Crippen LogP contribution in [-0.4, -0.2) is 43.8 Å². The molecule has 0 aromatic heterocycles. The summed E-state index contributed by atoms with van der Waals surface area (Å²) in [6.07, 6.45) is 1.92. The Morgan fingerprint density at radius 3 is 2.32 bits per heavy atom. The molecule has 1 aliphatic heterocycles. The summed E-state index contributed by atoms with van der Waals surface area (Å²) in [5.74, 6) is 0.892. The number of rotatable bonds is 5. The van der Waals surface area contributed by atoms with E-state index in [1.54, 1.807) is 11.9 Å². The molecule has 4 nitrogen and oxygen atoms in total. The minimum absolute atomic E-state index is 0.0151. The normalized spacial score (nSPS) is 20.3. The largest absolute Gasteiger partial charge is 0.341 e. The minimum Gasteiger partial charge on any atom is -0.341 e. The van der Waals surface area contributed by atoms with E-state index in [1.807, 2.05) is 12.1 Å². The molecule has 0 N–H and O–H groups in total. The van der Waals surface area contributed by atoms with Crippen molar-refractivity contribution < 1.29 is 13.2 Å². The molecule has 22 heavy (non-hydrogen) atoms. The average molecular weight is 323 g/mol. The van der Waals surface area contributed by atoms with Crippen LogP contribution in [0, 0.1) is 5.92 Å². The predicted octanol–water partition coefficient (Wildman–Crippen LogP) is 2.07. The molecule has 1 fully saturated rings. The zero-order chi connectivity index (χ0) is 16.3. The lowest BCUT2D eigenvalue weighted by Gasteiger charge is -2.23. The Bertz CT molecular complexity index is 620. The lowest BCUT2D eigenvalue weighted by Crippen LogP contribution is -2.38. The molecule has 1 saturated heterocycles. The molecule has 122 valence electrons. The van der Waals surface area contributed by atoms with E-state index in [9.17, 15) is 13.2 Å². The molecule has 0 radical (unpaired) electrons. The van der Waals surface area contributed by atoms with Crippen molar-refractivity contribution in [2.45, 2.75) is 39.2 Å². The Morgan fingerprint density at radius 2 is 1.82 bits per heavy atom. The number of hydrogen-bond donors (Lipinski definition) is 0. The van der Waals surface area contributed by atoms with Gasteiger partial charge in [0.15, 0.2) is 9.84 Å². The first-order valence-electron chi connectivity index (χ1n) is 7.81. The van der Waals surface area contributed by atoms with Gasteiger partial charge in [0.2, 0.25) is 5.91 Å². The molecular formula is C17H25NO3S. The molecule has 5 heteroatoms. The van der Waals surface area contributed by atoms with Gasteiger partial charge in [0, 0.05) is 13.1 Å². The Labute approximate surface area is 133 Å². The van der Waals surface area contributed by atoms with E-state index >= 15 is 0 Å². The number of hydrogen-bond acceptors (Lipinski definition) is 3. The quantitative estimate of drug-likeness (QED) is 0.833. The number of carbonyl (C=O) groups excluding carboxylic acids is 1. The molecule has 0 aliphatic carbocycles. The van der Waals surface area contributed by atoms with Crippen LogP contribution >= 0.6 is 0 Å². The minimum atomic E-state index is -2.96. The summed E-state index contributed by atoms with van der Waals surface area (Å²) in [6.45, 7) is 4.37. The second kappa shape index (κ2) is 6.82. The lowest BCUT2D eigenvalue weighted by atomic mass is 10.0. The van der Waals surface area contributed by atoms with Crippen LogP contribution < -0.4 is 0 Å². The van der Waals surface area contributed by atoms with Crippen LogP contribution in [0.4, 0.5) is 0 Å². The number of likely N-dealkylation sites (N-methyl/N-ethyl adjacent to an activating group) is 1. The Hall–Kier alpha value is -1.36. The number of sulfone groups is 1. The highest BCUT2D eigenvalue weighted by Crippen LogP contribution is 2.18. The van der Waals surface area contributed by atoms with Gasteiger partial charge < -0.3 is 4.90 Å². The van der Waals surface area contributed by atoms with Crippen molar-refractivity contribution in [3.63, 3.8) is 0 Å². The van der Waals surface area contributed by atoms with Gasteiger partial charge in [-0.3, -0.25) is 4.79 Å². The Kier molecular flexibility index (Phi) is 5.27. The van der Waals surface area contributed by atoms with Crippen LogP contribution in [0.1, 0.15) is 31.4 Å². The zero-order valence-corrected chi connectivity index (χ0v) is 14.4. The van der Waals surface area contributed by atoms with E-state index in [0.29, 0.717) is 18.8 Å². The number of amides is 1. The van der Waals surface area contributed by atoms with Crippen molar-refractivity contribution >= 4 is 15.7 Å². The summed E-state index contributed by atoms with van der Waals surface area (Å²) < 4.78 is 23.0. The summed E-state index contributed by atoms with van der Waals surface area (Å²) in [5.41, 5.74) is 2.26. The average Bonchev–Trinajstić information content (AvgIpc) is 2.80. The van der Waals surface area contributed by atoms with Crippen molar-refractivity contribution in [2.24, 2.45) is 5.92 Å². The summed E-state index contributed by atoms with van der Waals surface area (Å²) >= 11 is 0. The standard InChI is InChI=1S/C17H25NO3S/c1-13(2)10-14-4-6-15(7-5-14)11-17(19)18(3)16-8-9-22(20,21)12-16/h4-7,13,16H,8-12H2,1-3H3/t16-/m1/s1. The molecule has 0 unspecified atom stereocenters. The number of carbonyl (C=O) groups is 1. The van der Waals surface area contributed by atoms with Gasteiger partial charge in [0.05, 0.1) is 17.9 Å². The van der Waals surface area contributed by atoms with Crippen LogP contribution in [0.15, 0.2) is 24.3 Å². The summed E-state index contributed by atoms with van der Waals surface area (Å²) in [5, 5.41) is 0. The van der Waals surface area contributed by atoms with E-state index in [-0.39, 0.29) is 23.5 Å². The van der Waals surface area contributed by atoms with Crippen molar-refractivity contribution in [1.82, 2.24) is 4.90 Å². The predicted molar refractivity (Wildman–Crippen MR) is 88.5 cm³/mol. The molecular weight excluding hydrogens is 298 g/mol. The number of benzene rings is 1. The first kappa shape index (κ1) is 17.0. The maximum absolute atomic E-state index is 12.3. The van der Waals surface area contributed by atoms with Crippen LogP contribution in [-0.2, 0) is 27.5 Å². The lowest BCUT2D eigenvalue weighted by molar-refractivity contribution is -0.130.